The molecule has 0 aliphatic carbocycles. The van der Waals surface area contributed by atoms with Crippen LogP contribution in [0.25, 0.3) is 0 Å². The van der Waals surface area contributed by atoms with Crippen molar-refractivity contribution in [2.45, 2.75) is 25.8 Å². The Bertz CT molecular complexity index is 714. The Morgan fingerprint density at radius 1 is 1.27 bits per heavy atom. The van der Waals surface area contributed by atoms with E-state index in [0.717, 1.165) is 34.8 Å². The molecule has 0 aromatic heterocycles. The number of carbonyl (C=O) groups excluding carboxylic acids is 1. The molecule has 0 saturated heterocycles. The highest BCUT2D eigenvalue weighted by molar-refractivity contribution is 6.31. The van der Waals surface area contributed by atoms with Gasteiger partial charge in [-0.2, -0.15) is 0 Å². The van der Waals surface area contributed by atoms with Crippen molar-refractivity contribution in [1.82, 2.24) is 5.32 Å². The lowest BCUT2D eigenvalue weighted by atomic mass is 9.94. The van der Waals surface area contributed by atoms with E-state index in [1.165, 1.54) is 5.56 Å². The van der Waals surface area contributed by atoms with Crippen LogP contribution < -0.4 is 10.2 Å². The lowest BCUT2D eigenvalue weighted by Crippen LogP contribution is -2.46. The number of nitrogens with zero attached hydrogens (tertiary/aromatic N) is 1. The number of para-hydroxylation sites is 1. The molecule has 114 valence electrons. The number of hydrogen-bond acceptors (Lipinski definition) is 2. The third-order valence-electron chi connectivity index (χ3n) is 4.22. The lowest BCUT2D eigenvalue weighted by Gasteiger charge is -2.38. The number of carbonyl (C=O) groups is 1. The summed E-state index contributed by atoms with van der Waals surface area (Å²) in [7, 11) is 1.69. The molecule has 3 nitrogen and oxygen atoms in total. The Morgan fingerprint density at radius 3 is 2.77 bits per heavy atom. The van der Waals surface area contributed by atoms with Gasteiger partial charge in [-0.1, -0.05) is 29.8 Å². The summed E-state index contributed by atoms with van der Waals surface area (Å²) in [5.74, 6) is 0.0436. The highest BCUT2D eigenvalue weighted by Gasteiger charge is 2.32. The first-order chi connectivity index (χ1) is 10.6. The Labute approximate surface area is 135 Å². The number of hydrogen-bond donors (Lipinski definition) is 1. The van der Waals surface area contributed by atoms with E-state index in [1.807, 2.05) is 37.3 Å². The summed E-state index contributed by atoms with van der Waals surface area (Å²) in [6.45, 7) is 1.98. The van der Waals surface area contributed by atoms with Crippen LogP contribution in [-0.2, 0) is 11.2 Å². The van der Waals surface area contributed by atoms with Gasteiger partial charge in [0.05, 0.1) is 0 Å². The zero-order valence-electron chi connectivity index (χ0n) is 12.8. The van der Waals surface area contributed by atoms with Crippen molar-refractivity contribution in [3.05, 3.63) is 58.6 Å². The molecule has 0 bridgehead atoms. The Morgan fingerprint density at radius 2 is 2.05 bits per heavy atom. The monoisotopic (exact) mass is 314 g/mol. The summed E-state index contributed by atoms with van der Waals surface area (Å²) in [5.41, 5.74) is 4.39. The Hall–Kier alpha value is -2.00. The van der Waals surface area contributed by atoms with Crippen molar-refractivity contribution in [2.75, 3.05) is 11.9 Å². The molecule has 0 radical (unpaired) electrons. The van der Waals surface area contributed by atoms with Crippen molar-refractivity contribution in [1.29, 1.82) is 0 Å². The third-order valence-corrected chi connectivity index (χ3v) is 4.64. The first kappa shape index (κ1) is 14.9. The minimum atomic E-state index is -0.194. The fourth-order valence-corrected chi connectivity index (χ4v) is 3.18. The highest BCUT2D eigenvalue weighted by atomic mass is 35.5. The molecule has 1 aliphatic rings. The van der Waals surface area contributed by atoms with Crippen molar-refractivity contribution < 1.29 is 4.79 Å². The van der Waals surface area contributed by atoms with E-state index in [-0.39, 0.29) is 11.9 Å². The van der Waals surface area contributed by atoms with Crippen LogP contribution in [-0.4, -0.2) is 19.0 Å². The molecule has 22 heavy (non-hydrogen) atoms. The van der Waals surface area contributed by atoms with Gasteiger partial charge in [0.25, 0.3) is 0 Å². The van der Waals surface area contributed by atoms with E-state index < -0.39 is 0 Å². The molecular weight excluding hydrogens is 296 g/mol. The van der Waals surface area contributed by atoms with Crippen molar-refractivity contribution >= 4 is 28.9 Å². The van der Waals surface area contributed by atoms with Crippen LogP contribution in [0.5, 0.6) is 0 Å². The van der Waals surface area contributed by atoms with Crippen molar-refractivity contribution in [2.24, 2.45) is 0 Å². The SMILES string of the molecule is CNC(=O)C1CCc2ccccc2N1c1ccc(Cl)c(C)c1. The van der Waals surface area contributed by atoms with Crippen molar-refractivity contribution in [3.8, 4) is 0 Å². The second-order valence-electron chi connectivity index (χ2n) is 5.60. The minimum absolute atomic E-state index is 0.0436. The molecule has 1 unspecified atom stereocenters. The van der Waals surface area contributed by atoms with Gasteiger partial charge in [0.2, 0.25) is 5.91 Å². The average molecular weight is 315 g/mol. The molecule has 4 heteroatoms. The smallest absolute Gasteiger partial charge is 0.242 e. The second-order valence-corrected chi connectivity index (χ2v) is 6.01. The third kappa shape index (κ3) is 2.57. The van der Waals surface area contributed by atoms with Gasteiger partial charge < -0.3 is 10.2 Å². The van der Waals surface area contributed by atoms with E-state index in [2.05, 4.69) is 22.3 Å². The second kappa shape index (κ2) is 6.01. The maximum Gasteiger partial charge on any atom is 0.242 e. The summed E-state index contributed by atoms with van der Waals surface area (Å²) in [5, 5.41) is 3.53. The molecule has 2 aromatic carbocycles. The highest BCUT2D eigenvalue weighted by Crippen LogP contribution is 2.38. The van der Waals surface area contributed by atoms with Gasteiger partial charge in [-0.25, -0.2) is 0 Å². The number of amides is 1. The van der Waals surface area contributed by atoms with Gasteiger partial charge in [-0.15, -0.1) is 0 Å². The molecule has 0 fully saturated rings. The molecule has 1 N–H and O–H groups in total. The van der Waals surface area contributed by atoms with Crippen LogP contribution in [0.3, 0.4) is 0 Å². The summed E-state index contributed by atoms with van der Waals surface area (Å²) < 4.78 is 0. The molecule has 3 rings (SSSR count). The van der Waals surface area contributed by atoms with Crippen LogP contribution in [0.4, 0.5) is 11.4 Å². The fourth-order valence-electron chi connectivity index (χ4n) is 3.06. The Balaban J connectivity index is 2.13. The number of nitrogens with one attached hydrogen (secondary N) is 1. The van der Waals surface area contributed by atoms with Crippen LogP contribution in [0.1, 0.15) is 17.5 Å². The Kier molecular flexibility index (Phi) is 4.08. The topological polar surface area (TPSA) is 32.3 Å². The normalized spacial score (nSPS) is 17.0. The number of benzene rings is 2. The van der Waals surface area contributed by atoms with Crippen LogP contribution >= 0.6 is 11.6 Å². The number of rotatable bonds is 2. The summed E-state index contributed by atoms with van der Waals surface area (Å²) >= 11 is 6.15. The summed E-state index contributed by atoms with van der Waals surface area (Å²) in [6, 6.07) is 14.0. The average Bonchev–Trinajstić information content (AvgIpc) is 2.55. The van der Waals surface area contributed by atoms with E-state index in [1.54, 1.807) is 7.05 Å². The van der Waals surface area contributed by atoms with E-state index in [9.17, 15) is 4.79 Å². The quantitative estimate of drug-likeness (QED) is 0.913. The van der Waals surface area contributed by atoms with Gasteiger partial charge >= 0.3 is 0 Å². The molecule has 2 aromatic rings. The number of halogens is 1. The number of likely N-dealkylation sites (N-methyl/N-ethyl adjacent to an activating group) is 1. The first-order valence-corrected chi connectivity index (χ1v) is 7.84. The van der Waals surface area contributed by atoms with Crippen LogP contribution in [0.15, 0.2) is 42.5 Å². The van der Waals surface area contributed by atoms with Gasteiger partial charge in [0.1, 0.15) is 6.04 Å². The van der Waals surface area contributed by atoms with E-state index in [4.69, 9.17) is 11.6 Å². The largest absolute Gasteiger partial charge is 0.357 e. The zero-order chi connectivity index (χ0) is 15.7. The van der Waals surface area contributed by atoms with Crippen molar-refractivity contribution in [3.63, 3.8) is 0 Å². The predicted octanol–water partition coefficient (Wildman–Crippen LogP) is 3.85. The van der Waals surface area contributed by atoms with Gasteiger partial charge in [-0.3, -0.25) is 4.79 Å². The molecule has 1 atom stereocenters. The van der Waals surface area contributed by atoms with Crippen LogP contribution in [0.2, 0.25) is 5.02 Å². The lowest BCUT2D eigenvalue weighted by molar-refractivity contribution is -0.122. The van der Waals surface area contributed by atoms with Gasteiger partial charge in [0, 0.05) is 23.4 Å². The molecule has 1 heterocycles. The van der Waals surface area contributed by atoms with E-state index in [0.29, 0.717) is 0 Å². The molecular formula is C18H19ClN2O. The fraction of sp³-hybridized carbons (Fsp3) is 0.278. The molecule has 0 spiro atoms. The minimum Gasteiger partial charge on any atom is -0.357 e. The van der Waals surface area contributed by atoms with E-state index >= 15 is 0 Å². The summed E-state index contributed by atoms with van der Waals surface area (Å²) in [6.07, 6.45) is 1.72. The number of anilines is 2. The van der Waals surface area contributed by atoms with Gasteiger partial charge in [0.15, 0.2) is 0 Å². The standard InChI is InChI=1S/C18H19ClN2O/c1-12-11-14(8-9-15(12)19)21-16-6-4-3-5-13(16)7-10-17(21)18(22)20-2/h3-6,8-9,11,17H,7,10H2,1-2H3,(H,20,22). The maximum absolute atomic E-state index is 12.3. The summed E-state index contributed by atoms with van der Waals surface area (Å²) in [4.78, 5) is 14.5. The van der Waals surface area contributed by atoms with Crippen LogP contribution in [0, 0.1) is 6.92 Å². The first-order valence-electron chi connectivity index (χ1n) is 7.46. The van der Waals surface area contributed by atoms with Gasteiger partial charge in [-0.05, 0) is 55.2 Å². The number of aryl methyl sites for hydroxylation is 2. The zero-order valence-corrected chi connectivity index (χ0v) is 13.5. The number of fused-ring (bicyclic) bond motifs is 1. The predicted molar refractivity (Wildman–Crippen MR) is 90.9 cm³/mol. The molecule has 1 aliphatic heterocycles. The molecule has 1 amide bonds. The molecule has 0 saturated carbocycles. The maximum atomic E-state index is 12.3.